The molecule has 1 heterocycles. The molecule has 0 aliphatic heterocycles. The van der Waals surface area contributed by atoms with Gasteiger partial charge in [0.1, 0.15) is 12.4 Å². The van der Waals surface area contributed by atoms with Crippen LogP contribution >= 0.6 is 0 Å². The van der Waals surface area contributed by atoms with Gasteiger partial charge in [-0.25, -0.2) is 0 Å². The molecule has 4 heteroatoms. The Labute approximate surface area is 117 Å². The monoisotopic (exact) mass is 270 g/mol. The third-order valence-electron chi connectivity index (χ3n) is 3.74. The summed E-state index contributed by atoms with van der Waals surface area (Å²) in [4.78, 5) is 12.0. The second-order valence-corrected chi connectivity index (χ2v) is 5.03. The number of pyridine rings is 1. The number of aryl methyl sites for hydroxylation is 1. The summed E-state index contributed by atoms with van der Waals surface area (Å²) in [6.07, 6.45) is 3.19. The molecule has 0 fully saturated rings. The quantitative estimate of drug-likeness (QED) is 0.864. The van der Waals surface area contributed by atoms with Gasteiger partial charge < -0.3 is 15.0 Å². The van der Waals surface area contributed by atoms with Crippen LogP contribution in [0.3, 0.4) is 0 Å². The van der Waals surface area contributed by atoms with Crippen molar-refractivity contribution in [2.24, 2.45) is 0 Å². The van der Waals surface area contributed by atoms with Gasteiger partial charge in [-0.05, 0) is 37.0 Å². The molecule has 1 aliphatic carbocycles. The summed E-state index contributed by atoms with van der Waals surface area (Å²) in [5, 5.41) is 0. The summed E-state index contributed by atoms with van der Waals surface area (Å²) in [5.41, 5.74) is 8.96. The second kappa shape index (κ2) is 5.41. The van der Waals surface area contributed by atoms with Crippen molar-refractivity contribution in [1.82, 2.24) is 4.57 Å². The van der Waals surface area contributed by atoms with Crippen LogP contribution < -0.4 is 16.0 Å². The van der Waals surface area contributed by atoms with Crippen LogP contribution in [0.5, 0.6) is 5.75 Å². The molecule has 0 spiro atoms. The maximum absolute atomic E-state index is 12.0. The van der Waals surface area contributed by atoms with Gasteiger partial charge in [-0.3, -0.25) is 4.79 Å². The van der Waals surface area contributed by atoms with E-state index in [1.54, 1.807) is 6.07 Å². The van der Waals surface area contributed by atoms with Gasteiger partial charge in [0.2, 0.25) is 0 Å². The topological polar surface area (TPSA) is 57.2 Å². The highest BCUT2D eigenvalue weighted by Crippen LogP contribution is 2.21. The third-order valence-corrected chi connectivity index (χ3v) is 3.74. The van der Waals surface area contributed by atoms with Crippen LogP contribution in [0.1, 0.15) is 17.7 Å². The molecule has 3 rings (SSSR count). The Morgan fingerprint density at radius 3 is 2.85 bits per heavy atom. The molecule has 2 N–H and O–H groups in total. The smallest absolute Gasteiger partial charge is 0.250 e. The van der Waals surface area contributed by atoms with Crippen molar-refractivity contribution in [2.45, 2.75) is 25.8 Å². The van der Waals surface area contributed by atoms with E-state index in [4.69, 9.17) is 10.5 Å². The van der Waals surface area contributed by atoms with Gasteiger partial charge in [0.25, 0.3) is 5.56 Å². The number of hydrogen-bond acceptors (Lipinski definition) is 3. The molecule has 0 bridgehead atoms. The molecule has 0 amide bonds. The number of para-hydroxylation sites is 2. The lowest BCUT2D eigenvalue weighted by atomic mass is 10.2. The van der Waals surface area contributed by atoms with Crippen LogP contribution in [0, 0.1) is 0 Å². The maximum Gasteiger partial charge on any atom is 0.250 e. The summed E-state index contributed by atoms with van der Waals surface area (Å²) in [6.45, 7) is 1.01. The van der Waals surface area contributed by atoms with E-state index in [2.05, 4.69) is 0 Å². The Hall–Kier alpha value is -2.23. The van der Waals surface area contributed by atoms with E-state index in [9.17, 15) is 4.79 Å². The van der Waals surface area contributed by atoms with E-state index < -0.39 is 0 Å². The molecule has 1 aromatic carbocycles. The second-order valence-electron chi connectivity index (χ2n) is 5.03. The average Bonchev–Trinajstić information content (AvgIpc) is 2.92. The Morgan fingerprint density at radius 1 is 1.15 bits per heavy atom. The molecule has 0 radical (unpaired) electrons. The van der Waals surface area contributed by atoms with Gasteiger partial charge in [-0.2, -0.15) is 0 Å². The predicted octanol–water partition coefficient (Wildman–Crippen LogP) is 2.00. The first-order valence-corrected chi connectivity index (χ1v) is 6.94. The minimum atomic E-state index is 0.0512. The van der Waals surface area contributed by atoms with Gasteiger partial charge in [0.05, 0.1) is 12.2 Å². The summed E-state index contributed by atoms with van der Waals surface area (Å²) in [7, 11) is 0. The number of benzene rings is 1. The first-order chi connectivity index (χ1) is 9.75. The van der Waals surface area contributed by atoms with E-state index in [1.807, 2.05) is 34.9 Å². The van der Waals surface area contributed by atoms with Crippen LogP contribution in [0.15, 0.2) is 41.2 Å². The minimum absolute atomic E-state index is 0.0512. The fourth-order valence-corrected chi connectivity index (χ4v) is 2.74. The SMILES string of the molecule is Nc1ccccc1OCCn1c2c(ccc1=O)CCC2. The first-order valence-electron chi connectivity index (χ1n) is 6.94. The van der Waals surface area contributed by atoms with Gasteiger partial charge in [-0.1, -0.05) is 18.2 Å². The van der Waals surface area contributed by atoms with Crippen molar-refractivity contribution >= 4 is 5.69 Å². The lowest BCUT2D eigenvalue weighted by Crippen LogP contribution is -2.25. The Kier molecular flexibility index (Phi) is 3.46. The van der Waals surface area contributed by atoms with Crippen molar-refractivity contribution < 1.29 is 4.74 Å². The Balaban J connectivity index is 1.72. The molecule has 0 unspecified atom stereocenters. The molecule has 0 atom stereocenters. The van der Waals surface area contributed by atoms with E-state index in [-0.39, 0.29) is 5.56 Å². The Bertz CT molecular complexity index is 676. The highest BCUT2D eigenvalue weighted by atomic mass is 16.5. The van der Waals surface area contributed by atoms with Crippen molar-refractivity contribution in [3.8, 4) is 5.75 Å². The van der Waals surface area contributed by atoms with Crippen LogP contribution in [-0.2, 0) is 19.4 Å². The molecule has 4 nitrogen and oxygen atoms in total. The molecule has 0 saturated heterocycles. The van der Waals surface area contributed by atoms with E-state index in [1.165, 1.54) is 11.3 Å². The highest BCUT2D eigenvalue weighted by molar-refractivity contribution is 5.51. The average molecular weight is 270 g/mol. The molecular formula is C16H18N2O2. The normalized spacial score (nSPS) is 13.2. The fourth-order valence-electron chi connectivity index (χ4n) is 2.74. The number of rotatable bonds is 4. The van der Waals surface area contributed by atoms with Gasteiger partial charge >= 0.3 is 0 Å². The number of nitrogens with zero attached hydrogens (tertiary/aromatic N) is 1. The molecular weight excluding hydrogens is 252 g/mol. The summed E-state index contributed by atoms with van der Waals surface area (Å²) < 4.78 is 7.51. The summed E-state index contributed by atoms with van der Waals surface area (Å²) in [5.74, 6) is 0.674. The number of hydrogen-bond donors (Lipinski definition) is 1. The van der Waals surface area contributed by atoms with Crippen molar-refractivity contribution in [3.05, 3.63) is 58.0 Å². The zero-order valence-electron chi connectivity index (χ0n) is 11.3. The number of fused-ring (bicyclic) bond motifs is 1. The van der Waals surface area contributed by atoms with Gasteiger partial charge in [0.15, 0.2) is 0 Å². The molecule has 2 aromatic rings. The van der Waals surface area contributed by atoms with Crippen LogP contribution in [-0.4, -0.2) is 11.2 Å². The zero-order valence-corrected chi connectivity index (χ0v) is 11.3. The number of anilines is 1. The maximum atomic E-state index is 12.0. The molecule has 104 valence electrons. The largest absolute Gasteiger partial charge is 0.490 e. The van der Waals surface area contributed by atoms with E-state index in [0.717, 1.165) is 19.3 Å². The zero-order chi connectivity index (χ0) is 13.9. The third kappa shape index (κ3) is 2.41. The van der Waals surface area contributed by atoms with E-state index in [0.29, 0.717) is 24.6 Å². The number of nitrogen functional groups attached to an aromatic ring is 1. The predicted molar refractivity (Wildman–Crippen MR) is 79.1 cm³/mol. The fraction of sp³-hybridized carbons (Fsp3) is 0.312. The molecule has 0 saturated carbocycles. The lowest BCUT2D eigenvalue weighted by molar-refractivity contribution is 0.296. The molecule has 1 aromatic heterocycles. The van der Waals surface area contributed by atoms with Crippen LogP contribution in [0.25, 0.3) is 0 Å². The summed E-state index contributed by atoms with van der Waals surface area (Å²) in [6, 6.07) is 11.0. The van der Waals surface area contributed by atoms with Crippen molar-refractivity contribution in [3.63, 3.8) is 0 Å². The van der Waals surface area contributed by atoms with Crippen molar-refractivity contribution in [1.29, 1.82) is 0 Å². The van der Waals surface area contributed by atoms with Gasteiger partial charge in [-0.15, -0.1) is 0 Å². The first kappa shape index (κ1) is 12.8. The molecule has 1 aliphatic rings. The number of nitrogens with two attached hydrogens (primary N) is 1. The van der Waals surface area contributed by atoms with Crippen molar-refractivity contribution in [2.75, 3.05) is 12.3 Å². The Morgan fingerprint density at radius 2 is 2.00 bits per heavy atom. The van der Waals surface area contributed by atoms with Crippen LogP contribution in [0.2, 0.25) is 0 Å². The highest BCUT2D eigenvalue weighted by Gasteiger charge is 2.15. The lowest BCUT2D eigenvalue weighted by Gasteiger charge is -2.13. The summed E-state index contributed by atoms with van der Waals surface area (Å²) >= 11 is 0. The van der Waals surface area contributed by atoms with Crippen LogP contribution in [0.4, 0.5) is 5.69 Å². The number of ether oxygens (including phenoxy) is 1. The standard InChI is InChI=1S/C16H18N2O2/c17-13-5-1-2-7-15(13)20-11-10-18-14-6-3-4-12(14)8-9-16(18)19/h1-2,5,7-9H,3-4,6,10-11,17H2. The molecule has 20 heavy (non-hydrogen) atoms. The number of aromatic nitrogens is 1. The van der Waals surface area contributed by atoms with E-state index >= 15 is 0 Å². The minimum Gasteiger partial charge on any atom is -0.490 e. The van der Waals surface area contributed by atoms with Gasteiger partial charge in [0, 0.05) is 11.8 Å².